The summed E-state index contributed by atoms with van der Waals surface area (Å²) in [5.74, 6) is 1.79. The van der Waals surface area contributed by atoms with E-state index in [2.05, 4.69) is 25.7 Å². The van der Waals surface area contributed by atoms with Crippen LogP contribution in [-0.4, -0.2) is 26.9 Å². The first-order chi connectivity index (χ1) is 7.78. The minimum atomic E-state index is 0.207. The standard InChI is InChI=1S/C8H10ClN5O2/c1-5-11-6(14-16-5)2-3-10-8-13-12-7(4-9)15-8/h2-4H2,1H3,(H,10,13). The van der Waals surface area contributed by atoms with Crippen molar-refractivity contribution in [3.63, 3.8) is 0 Å². The average Bonchev–Trinajstić information content (AvgIpc) is 2.88. The lowest BCUT2D eigenvalue weighted by Gasteiger charge is -1.96. The molecular weight excluding hydrogens is 234 g/mol. The molecule has 0 saturated heterocycles. The van der Waals surface area contributed by atoms with Crippen LogP contribution in [0.15, 0.2) is 8.94 Å². The van der Waals surface area contributed by atoms with E-state index in [0.29, 0.717) is 36.6 Å². The third-order valence-corrected chi connectivity index (χ3v) is 2.00. The SMILES string of the molecule is Cc1nc(CCNc2nnc(CCl)o2)no1. The first kappa shape index (κ1) is 10.9. The van der Waals surface area contributed by atoms with Crippen molar-refractivity contribution in [3.05, 3.63) is 17.6 Å². The number of rotatable bonds is 5. The Balaban J connectivity index is 1.79. The quantitative estimate of drug-likeness (QED) is 0.788. The summed E-state index contributed by atoms with van der Waals surface area (Å²) in [6, 6.07) is 0.343. The molecular formula is C8H10ClN5O2. The van der Waals surface area contributed by atoms with E-state index in [-0.39, 0.29) is 5.88 Å². The molecule has 16 heavy (non-hydrogen) atoms. The van der Waals surface area contributed by atoms with Crippen molar-refractivity contribution in [2.24, 2.45) is 0 Å². The van der Waals surface area contributed by atoms with Gasteiger partial charge in [-0.25, -0.2) is 0 Å². The van der Waals surface area contributed by atoms with Gasteiger partial charge in [0.25, 0.3) is 0 Å². The molecule has 86 valence electrons. The highest BCUT2D eigenvalue weighted by Crippen LogP contribution is 2.07. The van der Waals surface area contributed by atoms with Gasteiger partial charge in [-0.1, -0.05) is 10.3 Å². The van der Waals surface area contributed by atoms with E-state index < -0.39 is 0 Å². The molecule has 2 aromatic rings. The number of anilines is 1. The van der Waals surface area contributed by atoms with Crippen LogP contribution in [0.2, 0.25) is 0 Å². The van der Waals surface area contributed by atoms with E-state index in [9.17, 15) is 0 Å². The number of halogens is 1. The number of alkyl halides is 1. The molecule has 0 aliphatic carbocycles. The molecule has 0 unspecified atom stereocenters. The van der Waals surface area contributed by atoms with Crippen molar-refractivity contribution < 1.29 is 8.94 Å². The molecule has 2 aromatic heterocycles. The second kappa shape index (κ2) is 4.93. The summed E-state index contributed by atoms with van der Waals surface area (Å²) in [6.07, 6.45) is 0.621. The largest absolute Gasteiger partial charge is 0.407 e. The predicted molar refractivity (Wildman–Crippen MR) is 55.1 cm³/mol. The maximum atomic E-state index is 5.52. The molecule has 0 aliphatic rings. The van der Waals surface area contributed by atoms with Crippen LogP contribution in [-0.2, 0) is 12.3 Å². The normalized spacial score (nSPS) is 10.6. The van der Waals surface area contributed by atoms with Gasteiger partial charge in [0.15, 0.2) is 5.82 Å². The lowest BCUT2D eigenvalue weighted by atomic mass is 10.4. The number of hydrogen-bond acceptors (Lipinski definition) is 7. The Labute approximate surface area is 96.2 Å². The summed E-state index contributed by atoms with van der Waals surface area (Å²) in [4.78, 5) is 4.06. The summed E-state index contributed by atoms with van der Waals surface area (Å²) < 4.78 is 9.98. The molecule has 0 fully saturated rings. The summed E-state index contributed by atoms with van der Waals surface area (Å²) in [5.41, 5.74) is 0. The molecule has 2 heterocycles. The number of aryl methyl sites for hydroxylation is 1. The first-order valence-corrected chi connectivity index (χ1v) is 5.23. The van der Waals surface area contributed by atoms with E-state index in [1.807, 2.05) is 0 Å². The summed E-state index contributed by atoms with van der Waals surface area (Å²) in [5, 5.41) is 14.1. The number of nitrogens with zero attached hydrogens (tertiary/aromatic N) is 4. The average molecular weight is 244 g/mol. The number of aromatic nitrogens is 4. The second-order valence-electron chi connectivity index (χ2n) is 3.04. The lowest BCUT2D eigenvalue weighted by molar-refractivity contribution is 0.387. The molecule has 0 spiro atoms. The molecule has 8 heteroatoms. The van der Waals surface area contributed by atoms with Crippen LogP contribution in [0.25, 0.3) is 0 Å². The Bertz CT molecular complexity index is 455. The summed E-state index contributed by atoms with van der Waals surface area (Å²) >= 11 is 5.52. The zero-order valence-electron chi connectivity index (χ0n) is 8.60. The molecule has 0 aliphatic heterocycles. The van der Waals surface area contributed by atoms with Gasteiger partial charge in [0, 0.05) is 19.9 Å². The zero-order chi connectivity index (χ0) is 11.4. The molecule has 0 aromatic carbocycles. The van der Waals surface area contributed by atoms with E-state index in [1.165, 1.54) is 0 Å². The second-order valence-corrected chi connectivity index (χ2v) is 3.31. The van der Waals surface area contributed by atoms with Crippen LogP contribution in [0.4, 0.5) is 6.01 Å². The fraction of sp³-hybridized carbons (Fsp3) is 0.500. The van der Waals surface area contributed by atoms with Gasteiger partial charge in [0.1, 0.15) is 5.88 Å². The first-order valence-electron chi connectivity index (χ1n) is 4.69. The van der Waals surface area contributed by atoms with Gasteiger partial charge in [-0.3, -0.25) is 0 Å². The molecule has 2 rings (SSSR count). The maximum Gasteiger partial charge on any atom is 0.315 e. The third kappa shape index (κ3) is 2.69. The van der Waals surface area contributed by atoms with E-state index >= 15 is 0 Å². The van der Waals surface area contributed by atoms with Gasteiger partial charge < -0.3 is 14.3 Å². The monoisotopic (exact) mass is 243 g/mol. The van der Waals surface area contributed by atoms with Crippen molar-refractivity contribution in [3.8, 4) is 0 Å². The Hall–Kier alpha value is -1.63. The lowest BCUT2D eigenvalue weighted by Crippen LogP contribution is -2.06. The Kier molecular flexibility index (Phi) is 3.35. The Morgan fingerprint density at radius 2 is 2.25 bits per heavy atom. The van der Waals surface area contributed by atoms with Crippen molar-refractivity contribution in [2.45, 2.75) is 19.2 Å². The van der Waals surface area contributed by atoms with Crippen LogP contribution in [0, 0.1) is 6.92 Å². The molecule has 0 saturated carbocycles. The fourth-order valence-corrected chi connectivity index (χ4v) is 1.21. The van der Waals surface area contributed by atoms with Crippen LogP contribution in [0.3, 0.4) is 0 Å². The third-order valence-electron chi connectivity index (χ3n) is 1.78. The topological polar surface area (TPSA) is 89.9 Å². The maximum absolute atomic E-state index is 5.52. The predicted octanol–water partition coefficient (Wildman–Crippen LogP) is 1.15. The highest BCUT2D eigenvalue weighted by molar-refractivity contribution is 6.16. The number of hydrogen-bond donors (Lipinski definition) is 1. The zero-order valence-corrected chi connectivity index (χ0v) is 9.36. The minimum Gasteiger partial charge on any atom is -0.407 e. The van der Waals surface area contributed by atoms with Crippen LogP contribution >= 0.6 is 11.6 Å². The molecule has 7 nitrogen and oxygen atoms in total. The fourth-order valence-electron chi connectivity index (χ4n) is 1.10. The molecule has 0 radical (unpaired) electrons. The van der Waals surface area contributed by atoms with Gasteiger partial charge in [-0.15, -0.1) is 16.7 Å². The summed E-state index contributed by atoms with van der Waals surface area (Å²) in [6.45, 7) is 2.33. The van der Waals surface area contributed by atoms with Gasteiger partial charge >= 0.3 is 6.01 Å². The molecule has 1 N–H and O–H groups in total. The van der Waals surface area contributed by atoms with Crippen molar-refractivity contribution >= 4 is 17.6 Å². The van der Waals surface area contributed by atoms with Crippen LogP contribution in [0.1, 0.15) is 17.6 Å². The Morgan fingerprint density at radius 3 is 2.88 bits per heavy atom. The minimum absolute atomic E-state index is 0.207. The van der Waals surface area contributed by atoms with E-state index in [4.69, 9.17) is 20.5 Å². The highest BCUT2D eigenvalue weighted by atomic mass is 35.5. The molecule has 0 amide bonds. The van der Waals surface area contributed by atoms with Crippen molar-refractivity contribution in [1.82, 2.24) is 20.3 Å². The Morgan fingerprint density at radius 1 is 1.38 bits per heavy atom. The summed E-state index contributed by atoms with van der Waals surface area (Å²) in [7, 11) is 0. The van der Waals surface area contributed by atoms with Gasteiger partial charge in [-0.2, -0.15) is 4.98 Å². The van der Waals surface area contributed by atoms with Gasteiger partial charge in [-0.05, 0) is 0 Å². The molecule has 0 bridgehead atoms. The van der Waals surface area contributed by atoms with Crippen molar-refractivity contribution in [1.29, 1.82) is 0 Å². The van der Waals surface area contributed by atoms with Crippen LogP contribution in [0.5, 0.6) is 0 Å². The van der Waals surface area contributed by atoms with Gasteiger partial charge in [0.2, 0.25) is 11.8 Å². The smallest absolute Gasteiger partial charge is 0.315 e. The van der Waals surface area contributed by atoms with E-state index in [0.717, 1.165) is 0 Å². The van der Waals surface area contributed by atoms with Crippen LogP contribution < -0.4 is 5.32 Å². The number of nitrogens with one attached hydrogen (secondary N) is 1. The highest BCUT2D eigenvalue weighted by Gasteiger charge is 2.05. The van der Waals surface area contributed by atoms with Gasteiger partial charge in [0.05, 0.1) is 0 Å². The van der Waals surface area contributed by atoms with Crippen molar-refractivity contribution in [2.75, 3.05) is 11.9 Å². The molecule has 0 atom stereocenters. The van der Waals surface area contributed by atoms with E-state index in [1.54, 1.807) is 6.92 Å².